The summed E-state index contributed by atoms with van der Waals surface area (Å²) in [5.41, 5.74) is 0.942. The van der Waals surface area contributed by atoms with Crippen molar-refractivity contribution in [3.05, 3.63) is 79.9 Å². The van der Waals surface area contributed by atoms with Crippen LogP contribution in [0.3, 0.4) is 0 Å². The number of non-ortho nitro benzene ring substituents is 2. The monoisotopic (exact) mass is 426 g/mol. The Bertz CT molecular complexity index is 835. The zero-order chi connectivity index (χ0) is 21.3. The first-order valence-electron chi connectivity index (χ1n) is 8.34. The average Bonchev–Trinajstić information content (AvgIpc) is 3.12. The summed E-state index contributed by atoms with van der Waals surface area (Å²) >= 11 is 0. The van der Waals surface area contributed by atoms with E-state index in [0.29, 0.717) is 11.1 Å². The van der Waals surface area contributed by atoms with Crippen LogP contribution in [0.1, 0.15) is 23.3 Å². The van der Waals surface area contributed by atoms with Gasteiger partial charge >= 0.3 is 165 Å². The molecule has 0 amide bonds. The van der Waals surface area contributed by atoms with Gasteiger partial charge in [-0.2, -0.15) is 0 Å². The molecule has 1 saturated heterocycles. The first kappa shape index (κ1) is 21.2. The molecular formula is C17H19N2O9P. The standard InChI is InChI=1S/C17H19N2O9P/c1-24-29(25-2,26-3)27-16(12-4-8-14(9-5-12)18(20)21)17(28-29)13-6-10-15(11-7-13)19(22)23/h4-11,16-17H,1-3H3/t16-,17-/m1/s1. The molecule has 2 aromatic carbocycles. The van der Waals surface area contributed by atoms with E-state index in [4.69, 9.17) is 22.6 Å². The van der Waals surface area contributed by atoms with E-state index in [9.17, 15) is 20.2 Å². The Balaban J connectivity index is 2.06. The minimum absolute atomic E-state index is 0.0812. The van der Waals surface area contributed by atoms with Crippen LogP contribution in [0, 0.1) is 20.2 Å². The molecule has 11 nitrogen and oxygen atoms in total. The van der Waals surface area contributed by atoms with Crippen molar-refractivity contribution in [1.29, 1.82) is 0 Å². The van der Waals surface area contributed by atoms with Gasteiger partial charge in [-0.15, -0.1) is 0 Å². The molecule has 2 aromatic rings. The zero-order valence-electron chi connectivity index (χ0n) is 15.8. The zero-order valence-corrected chi connectivity index (χ0v) is 16.7. The van der Waals surface area contributed by atoms with Gasteiger partial charge in [0.05, 0.1) is 0 Å². The van der Waals surface area contributed by atoms with Crippen LogP contribution in [0.5, 0.6) is 0 Å². The fourth-order valence-corrected chi connectivity index (χ4v) is 5.25. The molecule has 1 heterocycles. The van der Waals surface area contributed by atoms with Crippen molar-refractivity contribution in [2.24, 2.45) is 0 Å². The van der Waals surface area contributed by atoms with Crippen LogP contribution < -0.4 is 0 Å². The van der Waals surface area contributed by atoms with Gasteiger partial charge < -0.3 is 0 Å². The van der Waals surface area contributed by atoms with Gasteiger partial charge in [-0.1, -0.05) is 0 Å². The van der Waals surface area contributed by atoms with Gasteiger partial charge in [0.2, 0.25) is 0 Å². The van der Waals surface area contributed by atoms with Crippen LogP contribution in [-0.4, -0.2) is 31.2 Å². The second-order valence-corrected chi connectivity index (χ2v) is 9.05. The number of hydrogen-bond acceptors (Lipinski definition) is 9. The van der Waals surface area contributed by atoms with Crippen molar-refractivity contribution in [2.45, 2.75) is 12.2 Å². The molecule has 29 heavy (non-hydrogen) atoms. The number of rotatable bonds is 7. The molecule has 0 bridgehead atoms. The Morgan fingerprint density at radius 2 is 1.03 bits per heavy atom. The van der Waals surface area contributed by atoms with Crippen LogP contribution in [0.25, 0.3) is 0 Å². The van der Waals surface area contributed by atoms with E-state index in [1.165, 1.54) is 69.9 Å². The number of nitro groups is 2. The fraction of sp³-hybridized carbons (Fsp3) is 0.294. The van der Waals surface area contributed by atoms with Gasteiger partial charge in [0.15, 0.2) is 0 Å². The quantitative estimate of drug-likeness (QED) is 0.359. The Morgan fingerprint density at radius 1 is 0.724 bits per heavy atom. The molecule has 1 aliphatic heterocycles. The third-order valence-electron chi connectivity index (χ3n) is 4.61. The number of hydrogen-bond donors (Lipinski definition) is 0. The average molecular weight is 426 g/mol. The molecule has 12 heteroatoms. The summed E-state index contributed by atoms with van der Waals surface area (Å²) in [7, 11) is -0.477. The molecule has 3 rings (SSSR count). The molecule has 0 saturated carbocycles. The second kappa shape index (κ2) is 7.71. The van der Waals surface area contributed by atoms with E-state index in [1.54, 1.807) is 0 Å². The van der Waals surface area contributed by atoms with Crippen molar-refractivity contribution in [3.8, 4) is 0 Å². The molecule has 156 valence electrons. The summed E-state index contributed by atoms with van der Waals surface area (Å²) in [5, 5.41) is 21.9. The van der Waals surface area contributed by atoms with E-state index >= 15 is 0 Å². The SMILES string of the molecule is COP1(OC)(OC)O[C@H](c2ccc([N+](=O)[O-])cc2)[C@@H](c2ccc([N+](=O)[O-])cc2)O1. The predicted octanol–water partition coefficient (Wildman–Crippen LogP) is 4.40. The number of nitrogens with zero attached hydrogens (tertiary/aromatic N) is 2. The van der Waals surface area contributed by atoms with Gasteiger partial charge in [-0.3, -0.25) is 0 Å². The molecule has 0 radical (unpaired) electrons. The Hall–Kier alpha value is -2.53. The normalized spacial score (nSPS) is 23.8. The van der Waals surface area contributed by atoms with Gasteiger partial charge in [-0.25, -0.2) is 0 Å². The first-order chi connectivity index (χ1) is 13.8. The molecule has 0 aromatic heterocycles. The van der Waals surface area contributed by atoms with Crippen LogP contribution in [0.4, 0.5) is 11.4 Å². The van der Waals surface area contributed by atoms with Gasteiger partial charge in [0.1, 0.15) is 0 Å². The molecular weight excluding hydrogens is 407 g/mol. The van der Waals surface area contributed by atoms with Gasteiger partial charge in [0.25, 0.3) is 0 Å². The summed E-state index contributed by atoms with van der Waals surface area (Å²) in [6.45, 7) is 0. The molecule has 0 N–H and O–H groups in total. The molecule has 0 aliphatic carbocycles. The molecule has 0 unspecified atom stereocenters. The third-order valence-corrected chi connectivity index (χ3v) is 7.54. The molecule has 2 atom stereocenters. The van der Waals surface area contributed by atoms with E-state index in [0.717, 1.165) is 0 Å². The first-order valence-corrected chi connectivity index (χ1v) is 10.2. The van der Waals surface area contributed by atoms with E-state index < -0.39 is 29.8 Å². The van der Waals surface area contributed by atoms with Crippen LogP contribution in [0.2, 0.25) is 0 Å². The van der Waals surface area contributed by atoms with Gasteiger partial charge in [-0.05, 0) is 0 Å². The van der Waals surface area contributed by atoms with E-state index in [-0.39, 0.29) is 11.4 Å². The van der Waals surface area contributed by atoms with Crippen molar-refractivity contribution in [3.63, 3.8) is 0 Å². The Morgan fingerprint density at radius 3 is 1.28 bits per heavy atom. The third kappa shape index (κ3) is 3.71. The summed E-state index contributed by atoms with van der Waals surface area (Å²) < 4.78 is 28.4. The van der Waals surface area contributed by atoms with Crippen molar-refractivity contribution in [2.75, 3.05) is 21.3 Å². The number of nitro benzene ring substituents is 2. The summed E-state index contributed by atoms with van der Waals surface area (Å²) in [4.78, 5) is 20.9. The summed E-state index contributed by atoms with van der Waals surface area (Å²) in [6, 6.07) is 11.5. The van der Waals surface area contributed by atoms with Crippen LogP contribution in [0.15, 0.2) is 48.5 Å². The second-order valence-electron chi connectivity index (χ2n) is 6.04. The summed E-state index contributed by atoms with van der Waals surface area (Å²) in [6.07, 6.45) is -1.62. The van der Waals surface area contributed by atoms with E-state index in [2.05, 4.69) is 0 Å². The topological polar surface area (TPSA) is 132 Å². The summed E-state index contributed by atoms with van der Waals surface area (Å²) in [5.74, 6) is 0. The van der Waals surface area contributed by atoms with Crippen molar-refractivity contribution < 1.29 is 32.5 Å². The van der Waals surface area contributed by atoms with E-state index in [1.807, 2.05) is 0 Å². The van der Waals surface area contributed by atoms with Crippen LogP contribution >= 0.6 is 7.74 Å². The molecule has 0 spiro atoms. The molecule has 1 fully saturated rings. The van der Waals surface area contributed by atoms with Crippen LogP contribution in [-0.2, 0) is 22.6 Å². The Kier molecular flexibility index (Phi) is 5.63. The number of benzene rings is 2. The minimum atomic E-state index is -4.42. The predicted molar refractivity (Wildman–Crippen MR) is 102 cm³/mol. The Labute approximate surface area is 165 Å². The van der Waals surface area contributed by atoms with Gasteiger partial charge in [0, 0.05) is 0 Å². The van der Waals surface area contributed by atoms with Crippen molar-refractivity contribution >= 4 is 19.1 Å². The van der Waals surface area contributed by atoms with Crippen molar-refractivity contribution in [1.82, 2.24) is 0 Å². The fourth-order valence-electron chi connectivity index (χ4n) is 3.03. The maximum atomic E-state index is 10.9. The molecule has 1 aliphatic rings. The maximum absolute atomic E-state index is 10.9.